The van der Waals surface area contributed by atoms with E-state index in [2.05, 4.69) is 0 Å². The first-order chi connectivity index (χ1) is 11.4. The number of methoxy groups -OCH3 is 1. The molecule has 0 radical (unpaired) electrons. The smallest absolute Gasteiger partial charge is 0.305 e. The molecule has 0 aromatic heterocycles. The Morgan fingerprint density at radius 3 is 2.38 bits per heavy atom. The maximum Gasteiger partial charge on any atom is 0.305 e. The maximum atomic E-state index is 11.6. The van der Waals surface area contributed by atoms with Crippen molar-refractivity contribution in [2.75, 3.05) is 7.11 Å². The summed E-state index contributed by atoms with van der Waals surface area (Å²) in [5.41, 5.74) is 0.0879. The van der Waals surface area contributed by atoms with Crippen molar-refractivity contribution >= 4 is 29.2 Å². The molecule has 0 saturated heterocycles. The van der Waals surface area contributed by atoms with Gasteiger partial charge in [0.2, 0.25) is 0 Å². The van der Waals surface area contributed by atoms with Crippen molar-refractivity contribution in [3.05, 3.63) is 69.7 Å². The van der Waals surface area contributed by atoms with E-state index in [0.717, 1.165) is 0 Å². The summed E-state index contributed by atoms with van der Waals surface area (Å²) in [7, 11) is 1.36. The number of hydrogen-bond donors (Lipinski definition) is 1. The summed E-state index contributed by atoms with van der Waals surface area (Å²) in [6.45, 7) is 1.90. The van der Waals surface area contributed by atoms with E-state index >= 15 is 0 Å². The van der Waals surface area contributed by atoms with Gasteiger partial charge in [-0.2, -0.15) is 0 Å². The van der Waals surface area contributed by atoms with Gasteiger partial charge >= 0.3 is 5.97 Å². The zero-order valence-corrected chi connectivity index (χ0v) is 15.1. The number of aliphatic hydroxyl groups is 1. The lowest BCUT2D eigenvalue weighted by Crippen LogP contribution is -2.35. The van der Waals surface area contributed by atoms with Crippen molar-refractivity contribution in [2.45, 2.75) is 25.4 Å². The largest absolute Gasteiger partial charge is 0.469 e. The number of carbonyl (C=O) groups excluding carboxylic acids is 1. The van der Waals surface area contributed by atoms with Gasteiger partial charge in [0.1, 0.15) is 5.60 Å². The Labute approximate surface area is 152 Å². The van der Waals surface area contributed by atoms with Crippen LogP contribution in [-0.2, 0) is 15.1 Å². The van der Waals surface area contributed by atoms with Gasteiger partial charge in [-0.25, -0.2) is 0 Å². The standard InChI is InChI=1S/C19H20Cl2O3/c1-13(6-11-18(22)24-2)19(23,14-7-9-16(20)10-8-14)15-4-3-5-17(21)12-15/h3-5,7-10,12-13,23H,6,11H2,1-2H3. The first-order valence-corrected chi connectivity index (χ1v) is 8.44. The summed E-state index contributed by atoms with van der Waals surface area (Å²) < 4.78 is 4.70. The minimum Gasteiger partial charge on any atom is -0.469 e. The Bertz CT molecular complexity index is 700. The van der Waals surface area contributed by atoms with Crippen molar-refractivity contribution in [2.24, 2.45) is 5.92 Å². The van der Waals surface area contributed by atoms with Crippen LogP contribution in [0.4, 0.5) is 0 Å². The first-order valence-electron chi connectivity index (χ1n) is 7.69. The fourth-order valence-electron chi connectivity index (χ4n) is 2.81. The molecule has 1 N–H and O–H groups in total. The predicted octanol–water partition coefficient (Wildman–Crippen LogP) is 4.82. The molecule has 2 rings (SSSR count). The lowest BCUT2D eigenvalue weighted by Gasteiger charge is -2.35. The van der Waals surface area contributed by atoms with Gasteiger partial charge in [0, 0.05) is 16.5 Å². The molecule has 5 heteroatoms. The maximum absolute atomic E-state index is 11.6. The fourth-order valence-corrected chi connectivity index (χ4v) is 3.13. The third kappa shape index (κ3) is 4.10. The molecule has 0 bridgehead atoms. The zero-order chi connectivity index (χ0) is 17.7. The third-order valence-electron chi connectivity index (χ3n) is 4.27. The Morgan fingerprint density at radius 1 is 1.12 bits per heavy atom. The van der Waals surface area contributed by atoms with E-state index in [1.165, 1.54) is 7.11 Å². The van der Waals surface area contributed by atoms with Crippen LogP contribution in [0, 0.1) is 5.92 Å². The molecular formula is C19H20Cl2O3. The number of hydrogen-bond acceptors (Lipinski definition) is 3. The van der Waals surface area contributed by atoms with Crippen LogP contribution in [0.3, 0.4) is 0 Å². The molecule has 0 spiro atoms. The topological polar surface area (TPSA) is 46.5 Å². The summed E-state index contributed by atoms with van der Waals surface area (Å²) in [4.78, 5) is 11.5. The van der Waals surface area contributed by atoms with Crippen LogP contribution in [0.2, 0.25) is 10.0 Å². The highest BCUT2D eigenvalue weighted by molar-refractivity contribution is 6.30. The molecule has 0 aliphatic heterocycles. The second-order valence-corrected chi connectivity index (χ2v) is 6.67. The molecule has 2 atom stereocenters. The lowest BCUT2D eigenvalue weighted by molar-refractivity contribution is -0.141. The summed E-state index contributed by atoms with van der Waals surface area (Å²) in [6, 6.07) is 14.2. The Hall–Kier alpha value is -1.55. The van der Waals surface area contributed by atoms with Crippen molar-refractivity contribution in [1.29, 1.82) is 0 Å². The number of ether oxygens (including phenoxy) is 1. The van der Waals surface area contributed by atoms with Gasteiger partial charge in [-0.3, -0.25) is 4.79 Å². The average molecular weight is 367 g/mol. The minimum atomic E-state index is -1.29. The number of carbonyl (C=O) groups is 1. The van der Waals surface area contributed by atoms with Gasteiger partial charge < -0.3 is 9.84 Å². The molecule has 2 aromatic rings. The Morgan fingerprint density at radius 2 is 1.79 bits per heavy atom. The fraction of sp³-hybridized carbons (Fsp3) is 0.316. The highest BCUT2D eigenvalue weighted by Crippen LogP contribution is 2.40. The SMILES string of the molecule is COC(=O)CCC(C)C(O)(c1ccc(Cl)cc1)c1cccc(Cl)c1. The van der Waals surface area contributed by atoms with E-state index < -0.39 is 5.60 Å². The van der Waals surface area contributed by atoms with E-state index in [-0.39, 0.29) is 18.3 Å². The second-order valence-electron chi connectivity index (χ2n) is 5.80. The van der Waals surface area contributed by atoms with Crippen molar-refractivity contribution in [3.63, 3.8) is 0 Å². The molecular weight excluding hydrogens is 347 g/mol. The minimum absolute atomic E-state index is 0.230. The second kappa shape index (κ2) is 8.02. The van der Waals surface area contributed by atoms with E-state index in [4.69, 9.17) is 27.9 Å². The molecule has 2 unspecified atom stereocenters. The van der Waals surface area contributed by atoms with Crippen LogP contribution in [-0.4, -0.2) is 18.2 Å². The van der Waals surface area contributed by atoms with E-state index in [0.29, 0.717) is 27.6 Å². The zero-order valence-electron chi connectivity index (χ0n) is 13.6. The summed E-state index contributed by atoms with van der Waals surface area (Å²) in [5.74, 6) is -0.539. The van der Waals surface area contributed by atoms with Crippen molar-refractivity contribution in [1.82, 2.24) is 0 Å². The van der Waals surface area contributed by atoms with Crippen LogP contribution in [0.5, 0.6) is 0 Å². The highest BCUT2D eigenvalue weighted by Gasteiger charge is 2.37. The van der Waals surface area contributed by atoms with Crippen molar-refractivity contribution < 1.29 is 14.6 Å². The lowest BCUT2D eigenvalue weighted by atomic mass is 9.75. The van der Waals surface area contributed by atoms with Gasteiger partial charge in [-0.15, -0.1) is 0 Å². The number of esters is 1. The Balaban J connectivity index is 2.44. The number of benzene rings is 2. The molecule has 0 fully saturated rings. The molecule has 0 amide bonds. The Kier molecular flexibility index (Phi) is 6.27. The normalized spacial score (nSPS) is 14.7. The van der Waals surface area contributed by atoms with Gasteiger partial charge in [0.15, 0.2) is 0 Å². The molecule has 3 nitrogen and oxygen atoms in total. The molecule has 0 saturated carbocycles. The quantitative estimate of drug-likeness (QED) is 0.745. The monoisotopic (exact) mass is 366 g/mol. The molecule has 24 heavy (non-hydrogen) atoms. The molecule has 0 heterocycles. The predicted molar refractivity (Wildman–Crippen MR) is 96.3 cm³/mol. The summed E-state index contributed by atoms with van der Waals surface area (Å²) in [6.07, 6.45) is 0.701. The average Bonchev–Trinajstić information content (AvgIpc) is 2.59. The number of rotatable bonds is 6. The van der Waals surface area contributed by atoms with Crippen LogP contribution in [0.1, 0.15) is 30.9 Å². The van der Waals surface area contributed by atoms with Gasteiger partial charge in [0.25, 0.3) is 0 Å². The first kappa shape index (κ1) is 18.8. The summed E-state index contributed by atoms with van der Waals surface area (Å²) in [5, 5.41) is 12.7. The van der Waals surface area contributed by atoms with Crippen LogP contribution < -0.4 is 0 Å². The van der Waals surface area contributed by atoms with Gasteiger partial charge in [-0.05, 0) is 47.7 Å². The van der Waals surface area contributed by atoms with Crippen molar-refractivity contribution in [3.8, 4) is 0 Å². The molecule has 0 aliphatic carbocycles. The van der Waals surface area contributed by atoms with E-state index in [9.17, 15) is 9.90 Å². The van der Waals surface area contributed by atoms with Crippen LogP contribution in [0.15, 0.2) is 48.5 Å². The van der Waals surface area contributed by atoms with E-state index in [1.54, 1.807) is 42.5 Å². The molecule has 0 aliphatic rings. The number of halogens is 2. The van der Waals surface area contributed by atoms with Gasteiger partial charge in [-0.1, -0.05) is 54.4 Å². The third-order valence-corrected chi connectivity index (χ3v) is 4.76. The highest BCUT2D eigenvalue weighted by atomic mass is 35.5. The van der Waals surface area contributed by atoms with Crippen LogP contribution >= 0.6 is 23.2 Å². The van der Waals surface area contributed by atoms with E-state index in [1.807, 2.05) is 13.0 Å². The van der Waals surface area contributed by atoms with Gasteiger partial charge in [0.05, 0.1) is 7.11 Å². The molecule has 2 aromatic carbocycles. The van der Waals surface area contributed by atoms with Crippen LogP contribution in [0.25, 0.3) is 0 Å². The summed E-state index contributed by atoms with van der Waals surface area (Å²) >= 11 is 12.1. The molecule has 128 valence electrons.